The van der Waals surface area contributed by atoms with E-state index in [4.69, 9.17) is 0 Å². The molecule has 0 spiro atoms. The molecule has 0 aromatic heterocycles. The molecular formula is C18H21N. The van der Waals surface area contributed by atoms with Crippen molar-refractivity contribution < 1.29 is 0 Å². The average Bonchev–Trinajstić information content (AvgIpc) is 2.43. The maximum Gasteiger partial charge on any atom is 0.0429 e. The van der Waals surface area contributed by atoms with E-state index in [1.165, 1.54) is 47.3 Å². The SMILES string of the molecule is Cc1ccc(CN2CCCc3ccccc32)cc1C. The number of aryl methyl sites for hydroxylation is 3. The summed E-state index contributed by atoms with van der Waals surface area (Å²) in [5.41, 5.74) is 7.11. The summed E-state index contributed by atoms with van der Waals surface area (Å²) in [5.74, 6) is 0. The summed E-state index contributed by atoms with van der Waals surface area (Å²) >= 11 is 0. The molecule has 1 aliphatic rings. The van der Waals surface area contributed by atoms with E-state index in [1.807, 2.05) is 0 Å². The number of hydrogen-bond donors (Lipinski definition) is 0. The Morgan fingerprint density at radius 3 is 2.68 bits per heavy atom. The zero-order valence-corrected chi connectivity index (χ0v) is 11.8. The van der Waals surface area contributed by atoms with E-state index in [9.17, 15) is 0 Å². The van der Waals surface area contributed by atoms with Crippen molar-refractivity contribution in [2.24, 2.45) is 0 Å². The third-order valence-corrected chi connectivity index (χ3v) is 4.15. The van der Waals surface area contributed by atoms with Gasteiger partial charge in [-0.2, -0.15) is 0 Å². The third kappa shape index (κ3) is 2.51. The zero-order valence-electron chi connectivity index (χ0n) is 11.8. The van der Waals surface area contributed by atoms with Crippen LogP contribution in [0.25, 0.3) is 0 Å². The number of fused-ring (bicyclic) bond motifs is 1. The summed E-state index contributed by atoms with van der Waals surface area (Å²) in [6.07, 6.45) is 2.49. The average molecular weight is 251 g/mol. The van der Waals surface area contributed by atoms with Crippen LogP contribution in [0.4, 0.5) is 5.69 Å². The molecule has 19 heavy (non-hydrogen) atoms. The van der Waals surface area contributed by atoms with Gasteiger partial charge in [0.25, 0.3) is 0 Å². The largest absolute Gasteiger partial charge is 0.367 e. The predicted octanol–water partition coefficient (Wildman–Crippen LogP) is 4.26. The fourth-order valence-corrected chi connectivity index (χ4v) is 2.90. The molecule has 1 heteroatoms. The second-order valence-electron chi connectivity index (χ2n) is 5.57. The quantitative estimate of drug-likeness (QED) is 0.771. The molecule has 0 atom stereocenters. The molecule has 1 aliphatic heterocycles. The number of hydrogen-bond acceptors (Lipinski definition) is 1. The fraction of sp³-hybridized carbons (Fsp3) is 0.333. The van der Waals surface area contributed by atoms with Crippen molar-refractivity contribution in [2.75, 3.05) is 11.4 Å². The van der Waals surface area contributed by atoms with E-state index in [0.717, 1.165) is 6.54 Å². The molecule has 0 saturated carbocycles. The highest BCUT2D eigenvalue weighted by molar-refractivity contribution is 5.55. The van der Waals surface area contributed by atoms with Gasteiger partial charge >= 0.3 is 0 Å². The van der Waals surface area contributed by atoms with Crippen LogP contribution in [-0.4, -0.2) is 6.54 Å². The van der Waals surface area contributed by atoms with E-state index < -0.39 is 0 Å². The summed E-state index contributed by atoms with van der Waals surface area (Å²) in [6, 6.07) is 15.7. The first-order chi connectivity index (χ1) is 9.24. The molecule has 0 aliphatic carbocycles. The van der Waals surface area contributed by atoms with Gasteiger partial charge < -0.3 is 4.90 Å². The maximum atomic E-state index is 2.52. The van der Waals surface area contributed by atoms with Crippen molar-refractivity contribution in [3.63, 3.8) is 0 Å². The lowest BCUT2D eigenvalue weighted by Gasteiger charge is -2.31. The van der Waals surface area contributed by atoms with Gasteiger partial charge in [0, 0.05) is 18.8 Å². The van der Waals surface area contributed by atoms with Gasteiger partial charge in [0.05, 0.1) is 0 Å². The lowest BCUT2D eigenvalue weighted by atomic mass is 10.0. The number of nitrogens with zero attached hydrogens (tertiary/aromatic N) is 1. The van der Waals surface area contributed by atoms with Crippen molar-refractivity contribution in [3.05, 3.63) is 64.7 Å². The molecule has 0 saturated heterocycles. The van der Waals surface area contributed by atoms with Gasteiger partial charge in [-0.05, 0) is 55.0 Å². The van der Waals surface area contributed by atoms with E-state index in [2.05, 4.69) is 61.2 Å². The van der Waals surface area contributed by atoms with Crippen LogP contribution in [0.2, 0.25) is 0 Å². The highest BCUT2D eigenvalue weighted by atomic mass is 15.1. The molecule has 2 aromatic carbocycles. The number of rotatable bonds is 2. The molecule has 2 aromatic rings. The Bertz CT molecular complexity index is 586. The Morgan fingerprint density at radius 2 is 1.84 bits per heavy atom. The molecular weight excluding hydrogens is 230 g/mol. The summed E-state index contributed by atoms with van der Waals surface area (Å²) < 4.78 is 0. The first-order valence-corrected chi connectivity index (χ1v) is 7.13. The van der Waals surface area contributed by atoms with Gasteiger partial charge in [0.1, 0.15) is 0 Å². The van der Waals surface area contributed by atoms with E-state index in [0.29, 0.717) is 0 Å². The van der Waals surface area contributed by atoms with E-state index >= 15 is 0 Å². The molecule has 98 valence electrons. The molecule has 0 N–H and O–H groups in total. The standard InChI is InChI=1S/C18H21N/c1-14-9-10-16(12-15(14)2)13-19-11-5-7-17-6-3-4-8-18(17)19/h3-4,6,8-10,12H,5,7,11,13H2,1-2H3. The van der Waals surface area contributed by atoms with Crippen molar-refractivity contribution in [3.8, 4) is 0 Å². The van der Waals surface area contributed by atoms with E-state index in [-0.39, 0.29) is 0 Å². The molecule has 0 amide bonds. The molecule has 0 fully saturated rings. The lowest BCUT2D eigenvalue weighted by molar-refractivity contribution is 0.691. The molecule has 1 nitrogen and oxygen atoms in total. The first-order valence-electron chi connectivity index (χ1n) is 7.13. The lowest BCUT2D eigenvalue weighted by Crippen LogP contribution is -2.28. The Kier molecular flexibility index (Phi) is 3.29. The summed E-state index contributed by atoms with van der Waals surface area (Å²) in [7, 11) is 0. The van der Waals surface area contributed by atoms with Crippen molar-refractivity contribution in [2.45, 2.75) is 33.2 Å². The van der Waals surface area contributed by atoms with Crippen molar-refractivity contribution in [1.82, 2.24) is 0 Å². The van der Waals surface area contributed by atoms with Gasteiger partial charge in [-0.25, -0.2) is 0 Å². The summed E-state index contributed by atoms with van der Waals surface area (Å²) in [4.78, 5) is 2.52. The molecule has 3 rings (SSSR count). The Morgan fingerprint density at radius 1 is 1.00 bits per heavy atom. The van der Waals surface area contributed by atoms with Crippen LogP contribution in [0.15, 0.2) is 42.5 Å². The summed E-state index contributed by atoms with van der Waals surface area (Å²) in [5, 5.41) is 0. The minimum absolute atomic E-state index is 1.03. The summed E-state index contributed by atoms with van der Waals surface area (Å²) in [6.45, 7) is 6.57. The molecule has 0 bridgehead atoms. The topological polar surface area (TPSA) is 3.24 Å². The van der Waals surface area contributed by atoms with Gasteiger partial charge in [-0.1, -0.05) is 36.4 Å². The third-order valence-electron chi connectivity index (χ3n) is 4.15. The normalized spacial score (nSPS) is 14.3. The van der Waals surface area contributed by atoms with Crippen molar-refractivity contribution >= 4 is 5.69 Å². The highest BCUT2D eigenvalue weighted by Crippen LogP contribution is 2.28. The maximum absolute atomic E-state index is 2.52. The van der Waals surface area contributed by atoms with Gasteiger partial charge in [-0.15, -0.1) is 0 Å². The van der Waals surface area contributed by atoms with Crippen LogP contribution in [0, 0.1) is 13.8 Å². The number of anilines is 1. The van der Waals surface area contributed by atoms with Crippen LogP contribution in [0.1, 0.15) is 28.7 Å². The van der Waals surface area contributed by atoms with E-state index in [1.54, 1.807) is 0 Å². The van der Waals surface area contributed by atoms with Crippen LogP contribution in [-0.2, 0) is 13.0 Å². The monoisotopic (exact) mass is 251 g/mol. The number of para-hydroxylation sites is 1. The van der Waals surface area contributed by atoms with Crippen LogP contribution in [0.5, 0.6) is 0 Å². The van der Waals surface area contributed by atoms with Gasteiger partial charge in [0.15, 0.2) is 0 Å². The smallest absolute Gasteiger partial charge is 0.0429 e. The second-order valence-corrected chi connectivity index (χ2v) is 5.57. The Hall–Kier alpha value is -1.76. The molecule has 0 radical (unpaired) electrons. The first kappa shape index (κ1) is 12.3. The van der Waals surface area contributed by atoms with Crippen LogP contribution in [0.3, 0.4) is 0 Å². The fourth-order valence-electron chi connectivity index (χ4n) is 2.90. The Labute approximate surface area is 115 Å². The van der Waals surface area contributed by atoms with Crippen molar-refractivity contribution in [1.29, 1.82) is 0 Å². The minimum Gasteiger partial charge on any atom is -0.367 e. The second kappa shape index (κ2) is 5.08. The van der Waals surface area contributed by atoms with Crippen LogP contribution >= 0.6 is 0 Å². The number of benzene rings is 2. The molecule has 0 unspecified atom stereocenters. The molecule has 1 heterocycles. The zero-order chi connectivity index (χ0) is 13.2. The highest BCUT2D eigenvalue weighted by Gasteiger charge is 2.16. The predicted molar refractivity (Wildman–Crippen MR) is 81.7 cm³/mol. The minimum atomic E-state index is 1.03. The Balaban J connectivity index is 1.86. The van der Waals surface area contributed by atoms with Crippen LogP contribution < -0.4 is 4.90 Å². The van der Waals surface area contributed by atoms with Gasteiger partial charge in [0.2, 0.25) is 0 Å². The van der Waals surface area contributed by atoms with Gasteiger partial charge in [-0.3, -0.25) is 0 Å².